The molecule has 0 aliphatic carbocycles. The molecular weight excluding hydrogens is 268 g/mol. The van der Waals surface area contributed by atoms with Crippen LogP contribution in [0.1, 0.15) is 33.3 Å². The van der Waals surface area contributed by atoms with E-state index in [0.717, 1.165) is 0 Å². The Morgan fingerprint density at radius 3 is 2.71 bits per heavy atom. The lowest BCUT2D eigenvalue weighted by Crippen LogP contribution is -2.16. The quantitative estimate of drug-likeness (QED) is 0.620. The molecule has 1 aromatic heterocycles. The first-order valence-electron chi connectivity index (χ1n) is 6.22. The Balaban J connectivity index is 2.40. The van der Waals surface area contributed by atoms with E-state index in [1.165, 1.54) is 12.3 Å². The highest BCUT2D eigenvalue weighted by Crippen LogP contribution is 2.22. The number of pyridine rings is 1. The summed E-state index contributed by atoms with van der Waals surface area (Å²) in [6.45, 7) is 1.92. The predicted octanol–water partition coefficient (Wildman–Crippen LogP) is 2.36. The number of nitriles is 1. The summed E-state index contributed by atoms with van der Waals surface area (Å²) >= 11 is 0. The minimum atomic E-state index is -1.04. The van der Waals surface area contributed by atoms with Gasteiger partial charge in [0.1, 0.15) is 6.07 Å². The Morgan fingerprint density at radius 1 is 1.38 bits per heavy atom. The van der Waals surface area contributed by atoms with Gasteiger partial charge in [-0.3, -0.25) is 14.6 Å². The minimum Gasteiger partial charge on any atom is -0.451 e. The van der Waals surface area contributed by atoms with Gasteiger partial charge in [0, 0.05) is 17.3 Å². The highest BCUT2D eigenvalue weighted by atomic mass is 16.5. The number of ether oxygens (including phenoxy) is 1. The van der Waals surface area contributed by atoms with Crippen molar-refractivity contribution in [1.82, 2.24) is 4.98 Å². The van der Waals surface area contributed by atoms with Gasteiger partial charge in [-0.1, -0.05) is 30.3 Å². The van der Waals surface area contributed by atoms with Crippen molar-refractivity contribution in [2.75, 3.05) is 0 Å². The number of benzene rings is 1. The van der Waals surface area contributed by atoms with Crippen LogP contribution < -0.4 is 0 Å². The highest BCUT2D eigenvalue weighted by Gasteiger charge is 2.24. The number of carbonyl (C=O) groups is 2. The fourth-order valence-corrected chi connectivity index (χ4v) is 1.91. The molecule has 0 spiro atoms. The molecule has 0 amide bonds. The van der Waals surface area contributed by atoms with E-state index in [1.54, 1.807) is 37.3 Å². The second-order valence-electron chi connectivity index (χ2n) is 4.36. The fourth-order valence-electron chi connectivity index (χ4n) is 1.91. The molecule has 1 aromatic carbocycles. The summed E-state index contributed by atoms with van der Waals surface area (Å²) in [5, 5.41) is 8.99. The molecule has 21 heavy (non-hydrogen) atoms. The number of Topliss-reactive ketones (excluding diaryl/α,β-unsaturated/α-hetero) is 1. The Labute approximate surface area is 121 Å². The molecule has 104 valence electrons. The summed E-state index contributed by atoms with van der Waals surface area (Å²) in [5.74, 6) is -0.419. The van der Waals surface area contributed by atoms with Crippen LogP contribution in [0.3, 0.4) is 0 Å². The van der Waals surface area contributed by atoms with E-state index < -0.39 is 11.9 Å². The van der Waals surface area contributed by atoms with Crippen molar-refractivity contribution in [2.24, 2.45) is 0 Å². The SMILES string of the molecule is Cc1ncc(C(=O)C(OC=O)c2ccccc2)cc1C#N. The Kier molecular flexibility index (Phi) is 4.42. The maximum atomic E-state index is 12.5. The molecule has 0 aliphatic heterocycles. The maximum absolute atomic E-state index is 12.5. The number of ketones is 1. The first-order valence-corrected chi connectivity index (χ1v) is 6.22. The monoisotopic (exact) mass is 280 g/mol. The van der Waals surface area contributed by atoms with E-state index in [1.807, 2.05) is 6.07 Å². The van der Waals surface area contributed by atoms with Crippen molar-refractivity contribution in [2.45, 2.75) is 13.0 Å². The minimum absolute atomic E-state index is 0.229. The van der Waals surface area contributed by atoms with Crippen LogP contribution in [0.5, 0.6) is 0 Å². The third-order valence-corrected chi connectivity index (χ3v) is 3.02. The van der Waals surface area contributed by atoms with E-state index in [4.69, 9.17) is 10.00 Å². The molecule has 0 fully saturated rings. The average Bonchev–Trinajstić information content (AvgIpc) is 2.53. The lowest BCUT2D eigenvalue weighted by atomic mass is 9.99. The van der Waals surface area contributed by atoms with Crippen LogP contribution in [0.4, 0.5) is 0 Å². The molecule has 0 aliphatic rings. The topological polar surface area (TPSA) is 80.0 Å². The smallest absolute Gasteiger partial charge is 0.294 e. The van der Waals surface area contributed by atoms with E-state index >= 15 is 0 Å². The molecule has 0 radical (unpaired) electrons. The van der Waals surface area contributed by atoms with E-state index in [0.29, 0.717) is 16.8 Å². The summed E-state index contributed by atoms with van der Waals surface area (Å²) in [6.07, 6.45) is 0.336. The summed E-state index contributed by atoms with van der Waals surface area (Å²) in [6, 6.07) is 12.1. The first kappa shape index (κ1) is 14.4. The van der Waals surface area contributed by atoms with Crippen LogP contribution in [0, 0.1) is 18.3 Å². The molecule has 5 nitrogen and oxygen atoms in total. The van der Waals surface area contributed by atoms with Gasteiger partial charge < -0.3 is 4.74 Å². The van der Waals surface area contributed by atoms with Gasteiger partial charge in [-0.15, -0.1) is 0 Å². The fraction of sp³-hybridized carbons (Fsp3) is 0.125. The van der Waals surface area contributed by atoms with Gasteiger partial charge in [0.2, 0.25) is 5.78 Å². The van der Waals surface area contributed by atoms with Gasteiger partial charge in [-0.2, -0.15) is 5.26 Å². The molecule has 1 unspecified atom stereocenters. The molecule has 0 bridgehead atoms. The van der Waals surface area contributed by atoms with Crippen LogP contribution in [0.2, 0.25) is 0 Å². The Morgan fingerprint density at radius 2 is 2.10 bits per heavy atom. The third-order valence-electron chi connectivity index (χ3n) is 3.02. The second kappa shape index (κ2) is 6.44. The normalized spacial score (nSPS) is 11.2. The Hall–Kier alpha value is -3.00. The van der Waals surface area contributed by atoms with Gasteiger partial charge in [0.15, 0.2) is 6.10 Å². The van der Waals surface area contributed by atoms with Crippen molar-refractivity contribution in [3.05, 3.63) is 65.0 Å². The van der Waals surface area contributed by atoms with Crippen molar-refractivity contribution < 1.29 is 14.3 Å². The van der Waals surface area contributed by atoms with Crippen LogP contribution in [0.15, 0.2) is 42.6 Å². The number of hydrogen-bond donors (Lipinski definition) is 0. The van der Waals surface area contributed by atoms with E-state index in [9.17, 15) is 9.59 Å². The van der Waals surface area contributed by atoms with Crippen molar-refractivity contribution in [1.29, 1.82) is 5.26 Å². The number of hydrogen-bond acceptors (Lipinski definition) is 5. The molecule has 1 atom stereocenters. The molecule has 1 heterocycles. The lowest BCUT2D eigenvalue weighted by molar-refractivity contribution is -0.132. The zero-order chi connectivity index (χ0) is 15.2. The van der Waals surface area contributed by atoms with Gasteiger partial charge in [-0.25, -0.2) is 0 Å². The van der Waals surface area contributed by atoms with Crippen molar-refractivity contribution in [3.63, 3.8) is 0 Å². The van der Waals surface area contributed by atoms with Gasteiger partial charge in [-0.05, 0) is 13.0 Å². The van der Waals surface area contributed by atoms with E-state index in [2.05, 4.69) is 4.98 Å². The second-order valence-corrected chi connectivity index (χ2v) is 4.36. The van der Waals surface area contributed by atoms with Gasteiger partial charge in [0.25, 0.3) is 6.47 Å². The number of rotatable bonds is 5. The third kappa shape index (κ3) is 3.12. The molecule has 5 heteroatoms. The predicted molar refractivity (Wildman–Crippen MR) is 74.4 cm³/mol. The molecule has 0 saturated carbocycles. The summed E-state index contributed by atoms with van der Waals surface area (Å²) in [5.41, 5.74) is 1.65. The molecule has 2 rings (SSSR count). The van der Waals surface area contributed by atoms with Crippen LogP contribution >= 0.6 is 0 Å². The van der Waals surface area contributed by atoms with Crippen LogP contribution in [-0.4, -0.2) is 17.2 Å². The van der Waals surface area contributed by atoms with Gasteiger partial charge in [0.05, 0.1) is 11.3 Å². The maximum Gasteiger partial charge on any atom is 0.294 e. The zero-order valence-corrected chi connectivity index (χ0v) is 11.3. The molecule has 0 saturated heterocycles. The molecule has 0 N–H and O–H groups in total. The van der Waals surface area contributed by atoms with Crippen LogP contribution in [0.25, 0.3) is 0 Å². The van der Waals surface area contributed by atoms with E-state index in [-0.39, 0.29) is 12.0 Å². The Bertz CT molecular complexity index is 705. The highest BCUT2D eigenvalue weighted by molar-refractivity contribution is 6.00. The summed E-state index contributed by atoms with van der Waals surface area (Å²) < 4.78 is 4.91. The summed E-state index contributed by atoms with van der Waals surface area (Å²) in [4.78, 5) is 27.2. The van der Waals surface area contributed by atoms with Gasteiger partial charge >= 0.3 is 0 Å². The lowest BCUT2D eigenvalue weighted by Gasteiger charge is -2.14. The first-order chi connectivity index (χ1) is 10.2. The number of aromatic nitrogens is 1. The largest absolute Gasteiger partial charge is 0.451 e. The molecule has 2 aromatic rings. The standard InChI is InChI=1S/C16H12N2O3/c1-11-13(8-17)7-14(9-18-11)15(20)16(21-10-19)12-5-3-2-4-6-12/h2-7,9-10,16H,1H3. The van der Waals surface area contributed by atoms with Crippen LogP contribution in [-0.2, 0) is 9.53 Å². The number of nitrogens with zero attached hydrogens (tertiary/aromatic N) is 2. The zero-order valence-electron chi connectivity index (χ0n) is 11.3. The molecular formula is C16H12N2O3. The number of carbonyl (C=O) groups excluding carboxylic acids is 2. The summed E-state index contributed by atoms with van der Waals surface area (Å²) in [7, 11) is 0. The number of aryl methyl sites for hydroxylation is 1. The van der Waals surface area contributed by atoms with Crippen molar-refractivity contribution in [3.8, 4) is 6.07 Å². The average molecular weight is 280 g/mol. The van der Waals surface area contributed by atoms with Crippen molar-refractivity contribution >= 4 is 12.3 Å².